The van der Waals surface area contributed by atoms with Gasteiger partial charge in [0.15, 0.2) is 0 Å². The second-order valence-corrected chi connectivity index (χ2v) is 5.15. The summed E-state index contributed by atoms with van der Waals surface area (Å²) < 4.78 is 16.0. The first kappa shape index (κ1) is 12.2. The summed E-state index contributed by atoms with van der Waals surface area (Å²) in [5.74, 6) is 3.73. The Balaban J connectivity index is 1.53. The Hall–Kier alpha value is -2.56. The molecule has 1 aromatic carbocycles. The highest BCUT2D eigenvalue weighted by atomic mass is 16.5. The first-order valence-electron chi connectivity index (χ1n) is 6.86. The van der Waals surface area contributed by atoms with Crippen LogP contribution in [0.25, 0.3) is 11.4 Å². The van der Waals surface area contributed by atoms with Crippen LogP contribution in [0.1, 0.15) is 29.9 Å². The van der Waals surface area contributed by atoms with Crippen LogP contribution in [0.15, 0.2) is 51.6 Å². The van der Waals surface area contributed by atoms with Crippen molar-refractivity contribution in [2.24, 2.45) is 0 Å². The molecule has 0 saturated heterocycles. The predicted molar refractivity (Wildman–Crippen MR) is 75.1 cm³/mol. The van der Waals surface area contributed by atoms with Gasteiger partial charge in [0.1, 0.15) is 11.5 Å². The third kappa shape index (κ3) is 2.20. The minimum Gasteiger partial charge on any atom is -0.497 e. The van der Waals surface area contributed by atoms with Crippen molar-refractivity contribution in [2.45, 2.75) is 18.3 Å². The maximum atomic E-state index is 5.42. The summed E-state index contributed by atoms with van der Waals surface area (Å²) in [6, 6.07) is 11.5. The lowest BCUT2D eigenvalue weighted by Gasteiger charge is -1.98. The molecule has 0 amide bonds. The molecule has 0 N–H and O–H groups in total. The molecule has 2 aromatic heterocycles. The highest BCUT2D eigenvalue weighted by Gasteiger charge is 2.45. The molecule has 4 rings (SSSR count). The Morgan fingerprint density at radius 2 is 2.00 bits per heavy atom. The Bertz CT molecular complexity index is 731. The molecule has 5 nitrogen and oxygen atoms in total. The third-order valence-electron chi connectivity index (χ3n) is 3.81. The number of furan rings is 1. The van der Waals surface area contributed by atoms with Gasteiger partial charge in [-0.1, -0.05) is 5.16 Å². The van der Waals surface area contributed by atoms with Gasteiger partial charge in [0.05, 0.1) is 13.4 Å². The van der Waals surface area contributed by atoms with E-state index in [0.717, 1.165) is 23.5 Å². The topological polar surface area (TPSA) is 61.3 Å². The zero-order valence-electron chi connectivity index (χ0n) is 11.5. The van der Waals surface area contributed by atoms with Crippen LogP contribution in [0.2, 0.25) is 0 Å². The molecule has 5 heteroatoms. The molecule has 1 saturated carbocycles. The standard InChI is InChI=1S/C16H14N2O3/c1-19-11-6-4-10(5-7-11)15-17-16(21-18-15)13-9-12(13)14-3-2-8-20-14/h2-8,12-13H,9H2,1H3. The van der Waals surface area contributed by atoms with E-state index in [1.807, 2.05) is 36.4 Å². The van der Waals surface area contributed by atoms with E-state index in [2.05, 4.69) is 10.1 Å². The van der Waals surface area contributed by atoms with Gasteiger partial charge in [0.2, 0.25) is 11.7 Å². The van der Waals surface area contributed by atoms with Gasteiger partial charge in [-0.05, 0) is 42.8 Å². The number of nitrogens with zero attached hydrogens (tertiary/aromatic N) is 2. The largest absolute Gasteiger partial charge is 0.497 e. The quantitative estimate of drug-likeness (QED) is 0.731. The van der Waals surface area contributed by atoms with Crippen molar-refractivity contribution < 1.29 is 13.7 Å². The number of benzene rings is 1. The Kier molecular flexibility index (Phi) is 2.77. The molecular weight excluding hydrogens is 268 g/mol. The van der Waals surface area contributed by atoms with E-state index in [0.29, 0.717) is 17.6 Å². The average Bonchev–Trinajstić information content (AvgIpc) is 2.97. The minimum atomic E-state index is 0.274. The number of ether oxygens (including phenoxy) is 1. The zero-order valence-corrected chi connectivity index (χ0v) is 11.5. The second kappa shape index (κ2) is 4.77. The molecule has 0 radical (unpaired) electrons. The lowest BCUT2D eigenvalue weighted by molar-refractivity contribution is 0.376. The molecule has 21 heavy (non-hydrogen) atoms. The van der Waals surface area contributed by atoms with E-state index in [9.17, 15) is 0 Å². The summed E-state index contributed by atoms with van der Waals surface area (Å²) >= 11 is 0. The molecule has 3 aromatic rings. The first-order valence-corrected chi connectivity index (χ1v) is 6.86. The van der Waals surface area contributed by atoms with Gasteiger partial charge in [-0.2, -0.15) is 4.98 Å². The Labute approximate surface area is 121 Å². The van der Waals surface area contributed by atoms with Crippen molar-refractivity contribution in [1.29, 1.82) is 0 Å². The van der Waals surface area contributed by atoms with Gasteiger partial charge in [-0.3, -0.25) is 0 Å². The number of hydrogen-bond donors (Lipinski definition) is 0. The molecule has 0 spiro atoms. The molecule has 1 aliphatic rings. The molecule has 2 atom stereocenters. The lowest BCUT2D eigenvalue weighted by Crippen LogP contribution is -1.85. The van der Waals surface area contributed by atoms with Gasteiger partial charge in [-0.25, -0.2) is 0 Å². The highest BCUT2D eigenvalue weighted by Crippen LogP contribution is 2.54. The van der Waals surface area contributed by atoms with Crippen molar-refractivity contribution in [3.63, 3.8) is 0 Å². The third-order valence-corrected chi connectivity index (χ3v) is 3.81. The van der Waals surface area contributed by atoms with E-state index in [4.69, 9.17) is 13.7 Å². The van der Waals surface area contributed by atoms with Crippen LogP contribution in [0, 0.1) is 0 Å². The summed E-state index contributed by atoms with van der Waals surface area (Å²) in [6.07, 6.45) is 2.69. The molecule has 2 unspecified atom stereocenters. The summed E-state index contributed by atoms with van der Waals surface area (Å²) in [4.78, 5) is 4.50. The molecular formula is C16H14N2O3. The maximum absolute atomic E-state index is 5.42. The second-order valence-electron chi connectivity index (χ2n) is 5.15. The lowest BCUT2D eigenvalue weighted by atomic mass is 10.2. The predicted octanol–water partition coefficient (Wildman–Crippen LogP) is 3.61. The van der Waals surface area contributed by atoms with Crippen molar-refractivity contribution in [2.75, 3.05) is 7.11 Å². The summed E-state index contributed by atoms with van der Waals surface area (Å²) in [5.41, 5.74) is 0.918. The fourth-order valence-corrected chi connectivity index (χ4v) is 2.53. The van der Waals surface area contributed by atoms with Crippen molar-refractivity contribution >= 4 is 0 Å². The molecule has 1 fully saturated rings. The van der Waals surface area contributed by atoms with E-state index in [1.54, 1.807) is 13.4 Å². The fourth-order valence-electron chi connectivity index (χ4n) is 2.53. The molecule has 106 valence electrons. The smallest absolute Gasteiger partial charge is 0.230 e. The number of aromatic nitrogens is 2. The minimum absolute atomic E-state index is 0.274. The van der Waals surface area contributed by atoms with Gasteiger partial charge >= 0.3 is 0 Å². The monoisotopic (exact) mass is 282 g/mol. The molecule has 1 aliphatic carbocycles. The van der Waals surface area contributed by atoms with Crippen LogP contribution >= 0.6 is 0 Å². The van der Waals surface area contributed by atoms with E-state index in [1.165, 1.54) is 0 Å². The maximum Gasteiger partial charge on any atom is 0.230 e. The van der Waals surface area contributed by atoms with E-state index >= 15 is 0 Å². The normalized spacial score (nSPS) is 20.4. The Morgan fingerprint density at radius 3 is 2.71 bits per heavy atom. The van der Waals surface area contributed by atoms with Crippen LogP contribution in [-0.4, -0.2) is 17.3 Å². The van der Waals surface area contributed by atoms with Gasteiger partial charge in [0, 0.05) is 17.4 Å². The van der Waals surface area contributed by atoms with Crippen LogP contribution in [0.5, 0.6) is 5.75 Å². The molecule has 2 heterocycles. The van der Waals surface area contributed by atoms with Gasteiger partial charge < -0.3 is 13.7 Å². The van der Waals surface area contributed by atoms with E-state index < -0.39 is 0 Å². The molecule has 0 bridgehead atoms. The van der Waals surface area contributed by atoms with Crippen LogP contribution in [0.3, 0.4) is 0 Å². The first-order chi connectivity index (χ1) is 10.3. The van der Waals surface area contributed by atoms with Crippen molar-refractivity contribution in [3.8, 4) is 17.1 Å². The zero-order chi connectivity index (χ0) is 14.2. The van der Waals surface area contributed by atoms with E-state index in [-0.39, 0.29) is 5.92 Å². The van der Waals surface area contributed by atoms with Gasteiger partial charge in [-0.15, -0.1) is 0 Å². The van der Waals surface area contributed by atoms with Crippen LogP contribution < -0.4 is 4.74 Å². The number of methoxy groups -OCH3 is 1. The van der Waals surface area contributed by atoms with Crippen molar-refractivity contribution in [1.82, 2.24) is 10.1 Å². The summed E-state index contributed by atoms with van der Waals surface area (Å²) in [7, 11) is 1.64. The highest BCUT2D eigenvalue weighted by molar-refractivity contribution is 5.55. The number of rotatable bonds is 4. The fraction of sp³-hybridized carbons (Fsp3) is 0.250. The summed E-state index contributed by atoms with van der Waals surface area (Å²) in [6.45, 7) is 0. The molecule has 0 aliphatic heterocycles. The SMILES string of the molecule is COc1ccc(-c2noc(C3CC3c3ccco3)n2)cc1. The average molecular weight is 282 g/mol. The van der Waals surface area contributed by atoms with Crippen molar-refractivity contribution in [3.05, 3.63) is 54.3 Å². The number of hydrogen-bond acceptors (Lipinski definition) is 5. The van der Waals surface area contributed by atoms with Gasteiger partial charge in [0.25, 0.3) is 0 Å². The van der Waals surface area contributed by atoms with Crippen LogP contribution in [0.4, 0.5) is 0 Å². The summed E-state index contributed by atoms with van der Waals surface area (Å²) in [5, 5.41) is 4.06. The van der Waals surface area contributed by atoms with Crippen LogP contribution in [-0.2, 0) is 0 Å². The Morgan fingerprint density at radius 1 is 1.14 bits per heavy atom.